The van der Waals surface area contributed by atoms with Gasteiger partial charge in [0.15, 0.2) is 0 Å². The van der Waals surface area contributed by atoms with E-state index >= 15 is 0 Å². The van der Waals surface area contributed by atoms with E-state index in [9.17, 15) is 13.2 Å². The molecule has 0 unspecified atom stereocenters. The van der Waals surface area contributed by atoms with Crippen LogP contribution in [0.4, 0.5) is 13.2 Å². The lowest BCUT2D eigenvalue weighted by Gasteiger charge is -2.06. The SMILES string of the molecule is Cc1cn(-c2ccc(C(F)(F)F)nc2)nc1C. The molecule has 0 spiro atoms. The smallest absolute Gasteiger partial charge is 0.250 e. The zero-order valence-electron chi connectivity index (χ0n) is 9.28. The fourth-order valence-electron chi connectivity index (χ4n) is 1.37. The number of hydrogen-bond donors (Lipinski definition) is 0. The van der Waals surface area contributed by atoms with Crippen LogP contribution in [-0.2, 0) is 6.18 Å². The molecular formula is C11H10F3N3. The number of pyridine rings is 1. The molecule has 2 aromatic heterocycles. The van der Waals surface area contributed by atoms with Crippen LogP contribution in [0.5, 0.6) is 0 Å². The summed E-state index contributed by atoms with van der Waals surface area (Å²) in [6.07, 6.45) is -1.50. The highest BCUT2D eigenvalue weighted by Crippen LogP contribution is 2.27. The molecule has 2 aromatic rings. The molecular weight excluding hydrogens is 231 g/mol. The molecule has 0 aromatic carbocycles. The third-order valence-corrected chi connectivity index (χ3v) is 2.45. The summed E-state index contributed by atoms with van der Waals surface area (Å²) in [4.78, 5) is 3.38. The van der Waals surface area contributed by atoms with E-state index in [1.165, 1.54) is 10.7 Å². The van der Waals surface area contributed by atoms with Gasteiger partial charge >= 0.3 is 6.18 Å². The van der Waals surface area contributed by atoms with Crippen molar-refractivity contribution in [2.45, 2.75) is 20.0 Å². The third-order valence-electron chi connectivity index (χ3n) is 2.45. The molecule has 2 rings (SSSR count). The van der Waals surface area contributed by atoms with Crippen LogP contribution < -0.4 is 0 Å². The van der Waals surface area contributed by atoms with Gasteiger partial charge in [0.05, 0.1) is 17.6 Å². The van der Waals surface area contributed by atoms with Gasteiger partial charge in [-0.3, -0.25) is 0 Å². The van der Waals surface area contributed by atoms with Crippen LogP contribution in [0.25, 0.3) is 5.69 Å². The minimum Gasteiger partial charge on any atom is -0.250 e. The van der Waals surface area contributed by atoms with Gasteiger partial charge in [0.2, 0.25) is 0 Å². The lowest BCUT2D eigenvalue weighted by molar-refractivity contribution is -0.141. The van der Waals surface area contributed by atoms with Crippen molar-refractivity contribution in [3.63, 3.8) is 0 Å². The highest BCUT2D eigenvalue weighted by molar-refractivity contribution is 5.31. The molecule has 0 atom stereocenters. The van der Waals surface area contributed by atoms with Crippen LogP contribution in [0, 0.1) is 13.8 Å². The summed E-state index contributed by atoms with van der Waals surface area (Å²) in [6, 6.07) is 2.30. The zero-order valence-corrected chi connectivity index (χ0v) is 9.28. The van der Waals surface area contributed by atoms with Gasteiger partial charge in [-0.05, 0) is 31.5 Å². The first-order valence-corrected chi connectivity index (χ1v) is 4.94. The number of halogens is 3. The quantitative estimate of drug-likeness (QED) is 0.768. The fraction of sp³-hybridized carbons (Fsp3) is 0.273. The molecule has 0 fully saturated rings. The predicted octanol–water partition coefficient (Wildman–Crippen LogP) is 2.90. The van der Waals surface area contributed by atoms with Crippen molar-refractivity contribution in [1.82, 2.24) is 14.8 Å². The monoisotopic (exact) mass is 241 g/mol. The van der Waals surface area contributed by atoms with Gasteiger partial charge in [-0.15, -0.1) is 0 Å². The van der Waals surface area contributed by atoms with Crippen molar-refractivity contribution < 1.29 is 13.2 Å². The largest absolute Gasteiger partial charge is 0.433 e. The van der Waals surface area contributed by atoms with Crippen LogP contribution in [0.1, 0.15) is 17.0 Å². The van der Waals surface area contributed by atoms with E-state index < -0.39 is 11.9 Å². The number of hydrogen-bond acceptors (Lipinski definition) is 2. The fourth-order valence-corrected chi connectivity index (χ4v) is 1.37. The summed E-state index contributed by atoms with van der Waals surface area (Å²) < 4.78 is 38.4. The summed E-state index contributed by atoms with van der Waals surface area (Å²) in [5.74, 6) is 0. The molecule has 3 nitrogen and oxygen atoms in total. The van der Waals surface area contributed by atoms with Gasteiger partial charge in [0.1, 0.15) is 5.69 Å². The first-order chi connectivity index (χ1) is 7.88. The van der Waals surface area contributed by atoms with Gasteiger partial charge in [-0.2, -0.15) is 18.3 Å². The summed E-state index contributed by atoms with van der Waals surface area (Å²) in [7, 11) is 0. The Kier molecular flexibility index (Phi) is 2.65. The lowest BCUT2D eigenvalue weighted by Crippen LogP contribution is -2.08. The minimum atomic E-state index is -4.41. The number of alkyl halides is 3. The molecule has 0 bridgehead atoms. The number of rotatable bonds is 1. The van der Waals surface area contributed by atoms with E-state index in [1.54, 1.807) is 6.20 Å². The molecule has 0 radical (unpaired) electrons. The van der Waals surface area contributed by atoms with Crippen molar-refractivity contribution in [3.05, 3.63) is 41.5 Å². The molecule has 0 aliphatic heterocycles. The average Bonchev–Trinajstić information content (AvgIpc) is 2.58. The molecule has 0 saturated heterocycles. The van der Waals surface area contributed by atoms with Gasteiger partial charge in [0.25, 0.3) is 0 Å². The second-order valence-corrected chi connectivity index (χ2v) is 3.74. The Morgan fingerprint density at radius 3 is 2.29 bits per heavy atom. The third kappa shape index (κ3) is 2.30. The van der Waals surface area contributed by atoms with Gasteiger partial charge in [-0.1, -0.05) is 0 Å². The molecule has 0 amide bonds. The Bertz CT molecular complexity index is 506. The van der Waals surface area contributed by atoms with E-state index in [-0.39, 0.29) is 0 Å². The Labute approximate surface area is 95.9 Å². The molecule has 0 saturated carbocycles. The number of aromatic nitrogens is 3. The van der Waals surface area contributed by atoms with Crippen molar-refractivity contribution in [2.75, 3.05) is 0 Å². The van der Waals surface area contributed by atoms with E-state index in [0.717, 1.165) is 23.5 Å². The summed E-state index contributed by atoms with van der Waals surface area (Å²) >= 11 is 0. The molecule has 6 heteroatoms. The van der Waals surface area contributed by atoms with E-state index in [4.69, 9.17) is 0 Å². The lowest BCUT2D eigenvalue weighted by atomic mass is 10.3. The second-order valence-electron chi connectivity index (χ2n) is 3.74. The maximum absolute atomic E-state index is 12.3. The normalized spacial score (nSPS) is 11.8. The number of aryl methyl sites for hydroxylation is 2. The van der Waals surface area contributed by atoms with Gasteiger partial charge in [0, 0.05) is 6.20 Å². The average molecular weight is 241 g/mol. The maximum Gasteiger partial charge on any atom is 0.433 e. The summed E-state index contributed by atoms with van der Waals surface area (Å²) in [6.45, 7) is 3.72. The van der Waals surface area contributed by atoms with E-state index in [2.05, 4.69) is 10.1 Å². The standard InChI is InChI=1S/C11H10F3N3/c1-7-6-17(16-8(7)2)9-3-4-10(15-5-9)11(12,13)14/h3-6H,1-2H3. The minimum absolute atomic E-state index is 0.509. The van der Waals surface area contributed by atoms with Crippen molar-refractivity contribution in [3.8, 4) is 5.69 Å². The molecule has 90 valence electrons. The van der Waals surface area contributed by atoms with Crippen LogP contribution >= 0.6 is 0 Å². The number of nitrogens with zero attached hydrogens (tertiary/aromatic N) is 3. The first kappa shape index (κ1) is 11.6. The highest BCUT2D eigenvalue weighted by atomic mass is 19.4. The van der Waals surface area contributed by atoms with Crippen LogP contribution in [0.15, 0.2) is 24.5 Å². The van der Waals surface area contributed by atoms with Crippen molar-refractivity contribution >= 4 is 0 Å². The van der Waals surface area contributed by atoms with E-state index in [0.29, 0.717) is 5.69 Å². The predicted molar refractivity (Wildman–Crippen MR) is 55.8 cm³/mol. The molecule has 0 aliphatic rings. The molecule has 0 aliphatic carbocycles. The Morgan fingerprint density at radius 2 is 1.88 bits per heavy atom. The second kappa shape index (κ2) is 3.87. The van der Waals surface area contributed by atoms with Crippen LogP contribution in [-0.4, -0.2) is 14.8 Å². The molecule has 0 N–H and O–H groups in total. The summed E-state index contributed by atoms with van der Waals surface area (Å²) in [5, 5.41) is 4.17. The molecule has 2 heterocycles. The van der Waals surface area contributed by atoms with Crippen LogP contribution in [0.3, 0.4) is 0 Å². The zero-order chi connectivity index (χ0) is 12.6. The van der Waals surface area contributed by atoms with Crippen molar-refractivity contribution in [2.24, 2.45) is 0 Å². The van der Waals surface area contributed by atoms with Gasteiger partial charge < -0.3 is 0 Å². The molecule has 17 heavy (non-hydrogen) atoms. The first-order valence-electron chi connectivity index (χ1n) is 4.94. The Hall–Kier alpha value is -1.85. The van der Waals surface area contributed by atoms with E-state index in [1.807, 2.05) is 13.8 Å². The van der Waals surface area contributed by atoms with Crippen LogP contribution in [0.2, 0.25) is 0 Å². The van der Waals surface area contributed by atoms with Gasteiger partial charge in [-0.25, -0.2) is 9.67 Å². The highest BCUT2D eigenvalue weighted by Gasteiger charge is 2.32. The Balaban J connectivity index is 2.36. The van der Waals surface area contributed by atoms with Crippen molar-refractivity contribution in [1.29, 1.82) is 0 Å². The summed E-state index contributed by atoms with van der Waals surface area (Å²) in [5.41, 5.74) is 1.42. The topological polar surface area (TPSA) is 30.7 Å². The maximum atomic E-state index is 12.3. The Morgan fingerprint density at radius 1 is 1.18 bits per heavy atom.